The molecule has 0 spiro atoms. The average Bonchev–Trinajstić information content (AvgIpc) is 2.69. The first-order chi connectivity index (χ1) is 12.6. The van der Waals surface area contributed by atoms with Crippen LogP contribution in [0.25, 0.3) is 0 Å². The smallest absolute Gasteiger partial charge is 0.123 e. The fourth-order valence-corrected chi connectivity index (χ4v) is 6.39. The van der Waals surface area contributed by atoms with Crippen molar-refractivity contribution in [1.29, 1.82) is 5.26 Å². The largest absolute Gasteiger partial charge is 0.274 e. The normalized spacial score (nSPS) is 12.3. The van der Waals surface area contributed by atoms with Gasteiger partial charge in [0.25, 0.3) is 0 Å². The lowest BCUT2D eigenvalue weighted by atomic mass is 10.1. The van der Waals surface area contributed by atoms with Crippen LogP contribution in [0, 0.1) is 17.1 Å². The van der Waals surface area contributed by atoms with Gasteiger partial charge in [0.15, 0.2) is 0 Å². The standard InChI is InChI=1S/C21H18FN2PS/c22-18-13-11-17(12-14-18)21(15-16-23)24-25(26,19-7-3-1-4-8-19)20-9-5-2-6-10-20/h1-14,21H,15H2,(H,24,26)/t21-/m0/s1. The van der Waals surface area contributed by atoms with Gasteiger partial charge in [-0.1, -0.05) is 84.6 Å². The second-order valence-electron chi connectivity index (χ2n) is 5.88. The number of benzene rings is 3. The van der Waals surface area contributed by atoms with E-state index in [0.29, 0.717) is 0 Å². The molecule has 3 aromatic carbocycles. The molecule has 0 unspecified atom stereocenters. The van der Waals surface area contributed by atoms with Crippen LogP contribution in [0.15, 0.2) is 84.9 Å². The zero-order valence-corrected chi connectivity index (χ0v) is 15.8. The first-order valence-corrected chi connectivity index (χ1v) is 11.1. The number of nitrogens with zero attached hydrogens (tertiary/aromatic N) is 1. The topological polar surface area (TPSA) is 35.8 Å². The van der Waals surface area contributed by atoms with Gasteiger partial charge >= 0.3 is 0 Å². The Morgan fingerprint density at radius 3 is 1.85 bits per heavy atom. The summed E-state index contributed by atoms with van der Waals surface area (Å²) in [4.78, 5) is 0. The van der Waals surface area contributed by atoms with Crippen LogP contribution in [0.4, 0.5) is 4.39 Å². The molecule has 0 amide bonds. The minimum Gasteiger partial charge on any atom is -0.274 e. The van der Waals surface area contributed by atoms with Crippen molar-refractivity contribution >= 4 is 28.6 Å². The molecule has 0 aliphatic carbocycles. The maximum atomic E-state index is 13.3. The van der Waals surface area contributed by atoms with E-state index in [1.807, 2.05) is 60.7 Å². The molecule has 3 aromatic rings. The minimum absolute atomic E-state index is 0.254. The van der Waals surface area contributed by atoms with Gasteiger partial charge in [0, 0.05) is 16.7 Å². The molecule has 0 bridgehead atoms. The molecule has 0 saturated carbocycles. The van der Waals surface area contributed by atoms with E-state index in [4.69, 9.17) is 11.8 Å². The van der Waals surface area contributed by atoms with Gasteiger partial charge in [-0.05, 0) is 17.7 Å². The lowest BCUT2D eigenvalue weighted by molar-refractivity contribution is 0.623. The van der Waals surface area contributed by atoms with E-state index in [1.54, 1.807) is 12.1 Å². The third-order valence-electron chi connectivity index (χ3n) is 4.15. The molecule has 0 saturated heterocycles. The SMILES string of the molecule is N#CC[C@H](NP(=S)(c1ccccc1)c1ccccc1)c1ccc(F)cc1. The van der Waals surface area contributed by atoms with Crippen LogP contribution in [0.2, 0.25) is 0 Å². The fraction of sp³-hybridized carbons (Fsp3) is 0.0952. The van der Waals surface area contributed by atoms with Crippen LogP contribution in [-0.2, 0) is 11.8 Å². The summed E-state index contributed by atoms with van der Waals surface area (Å²) in [6.07, 6.45) is -2.10. The fourth-order valence-electron chi connectivity index (χ4n) is 2.82. The van der Waals surface area contributed by atoms with E-state index in [2.05, 4.69) is 11.2 Å². The predicted molar refractivity (Wildman–Crippen MR) is 109 cm³/mol. The Balaban J connectivity index is 2.06. The molecule has 130 valence electrons. The summed E-state index contributed by atoms with van der Waals surface area (Å²) in [5.74, 6) is -0.296. The summed E-state index contributed by atoms with van der Waals surface area (Å²) < 4.78 is 13.3. The molecule has 1 atom stereocenters. The van der Waals surface area contributed by atoms with Crippen molar-refractivity contribution in [3.8, 4) is 6.07 Å². The van der Waals surface area contributed by atoms with Gasteiger partial charge in [0.05, 0.1) is 18.7 Å². The van der Waals surface area contributed by atoms with Gasteiger partial charge in [-0.3, -0.25) is 5.09 Å². The highest BCUT2D eigenvalue weighted by molar-refractivity contribution is 8.20. The van der Waals surface area contributed by atoms with Gasteiger partial charge in [0.2, 0.25) is 0 Å². The lowest BCUT2D eigenvalue weighted by Gasteiger charge is -2.29. The molecule has 0 fully saturated rings. The van der Waals surface area contributed by atoms with Gasteiger partial charge < -0.3 is 0 Å². The van der Waals surface area contributed by atoms with Gasteiger partial charge in [0.1, 0.15) is 5.82 Å². The summed E-state index contributed by atoms with van der Waals surface area (Å²) >= 11 is 6.17. The van der Waals surface area contributed by atoms with E-state index in [1.165, 1.54) is 12.1 Å². The summed E-state index contributed by atoms with van der Waals surface area (Å²) in [5.41, 5.74) is 0.856. The van der Waals surface area contributed by atoms with Crippen molar-refractivity contribution in [3.05, 3.63) is 96.3 Å². The maximum Gasteiger partial charge on any atom is 0.123 e. The summed E-state index contributed by atoms with van der Waals surface area (Å²) in [6.45, 7) is 0. The third kappa shape index (κ3) is 4.08. The lowest BCUT2D eigenvalue weighted by Crippen LogP contribution is -2.30. The third-order valence-corrected chi connectivity index (χ3v) is 8.45. The zero-order chi connectivity index (χ0) is 18.4. The van der Waals surface area contributed by atoms with Crippen LogP contribution >= 0.6 is 6.19 Å². The zero-order valence-electron chi connectivity index (χ0n) is 14.0. The van der Waals surface area contributed by atoms with Crippen molar-refractivity contribution in [2.45, 2.75) is 12.5 Å². The van der Waals surface area contributed by atoms with Crippen molar-refractivity contribution in [1.82, 2.24) is 5.09 Å². The molecule has 3 rings (SSSR count). The molecule has 0 aliphatic heterocycles. The minimum atomic E-state index is -2.35. The predicted octanol–water partition coefficient (Wildman–Crippen LogP) is 4.42. The molecule has 2 nitrogen and oxygen atoms in total. The van der Waals surface area contributed by atoms with Crippen LogP contribution in [0.1, 0.15) is 18.0 Å². The average molecular weight is 380 g/mol. The Morgan fingerprint density at radius 1 is 0.885 bits per heavy atom. The molecule has 1 N–H and O–H groups in total. The second kappa shape index (κ2) is 8.38. The number of halogens is 1. The Bertz CT molecular complexity index is 894. The van der Waals surface area contributed by atoms with Crippen molar-refractivity contribution < 1.29 is 4.39 Å². The molecule has 26 heavy (non-hydrogen) atoms. The summed E-state index contributed by atoms with van der Waals surface area (Å²) in [7, 11) is 0. The molecule has 0 radical (unpaired) electrons. The first-order valence-electron chi connectivity index (χ1n) is 8.25. The number of hydrogen-bond acceptors (Lipinski definition) is 2. The van der Waals surface area contributed by atoms with Crippen molar-refractivity contribution in [2.75, 3.05) is 0 Å². The van der Waals surface area contributed by atoms with E-state index < -0.39 is 6.19 Å². The van der Waals surface area contributed by atoms with Crippen molar-refractivity contribution in [2.24, 2.45) is 0 Å². The van der Waals surface area contributed by atoms with Crippen LogP contribution in [0.3, 0.4) is 0 Å². The Hall–Kier alpha value is -2.31. The Morgan fingerprint density at radius 2 is 1.38 bits per heavy atom. The molecule has 0 aliphatic rings. The van der Waals surface area contributed by atoms with Crippen LogP contribution in [0.5, 0.6) is 0 Å². The van der Waals surface area contributed by atoms with Crippen LogP contribution in [-0.4, -0.2) is 0 Å². The number of rotatable bonds is 6. The summed E-state index contributed by atoms with van der Waals surface area (Å²) in [6, 6.07) is 28.1. The molecule has 5 heteroatoms. The van der Waals surface area contributed by atoms with E-state index in [9.17, 15) is 9.65 Å². The first kappa shape index (κ1) is 18.5. The highest BCUT2D eigenvalue weighted by Gasteiger charge is 2.26. The Labute approximate surface area is 158 Å². The van der Waals surface area contributed by atoms with Gasteiger partial charge in [-0.2, -0.15) is 5.26 Å². The number of nitriles is 1. The van der Waals surface area contributed by atoms with Gasteiger partial charge in [-0.15, -0.1) is 0 Å². The van der Waals surface area contributed by atoms with Crippen molar-refractivity contribution in [3.63, 3.8) is 0 Å². The maximum absolute atomic E-state index is 13.3. The van der Waals surface area contributed by atoms with Crippen LogP contribution < -0.4 is 15.7 Å². The number of nitrogens with one attached hydrogen (secondary N) is 1. The molecular weight excluding hydrogens is 362 g/mol. The van der Waals surface area contributed by atoms with E-state index >= 15 is 0 Å². The molecule has 0 heterocycles. The van der Waals surface area contributed by atoms with Gasteiger partial charge in [-0.25, -0.2) is 4.39 Å². The number of hydrogen-bond donors (Lipinski definition) is 1. The van der Waals surface area contributed by atoms with E-state index in [0.717, 1.165) is 16.2 Å². The summed E-state index contributed by atoms with van der Waals surface area (Å²) in [5, 5.41) is 15.0. The van der Waals surface area contributed by atoms with E-state index in [-0.39, 0.29) is 18.3 Å². The molecule has 0 aromatic heterocycles. The Kier molecular flexibility index (Phi) is 5.96. The quantitative estimate of drug-likeness (QED) is 0.643. The molecular formula is C21H18FN2PS. The highest BCUT2D eigenvalue weighted by atomic mass is 32.4. The highest BCUT2D eigenvalue weighted by Crippen LogP contribution is 2.42. The monoisotopic (exact) mass is 380 g/mol. The second-order valence-corrected chi connectivity index (χ2v) is 10.0.